The maximum absolute atomic E-state index is 13.9. The number of benzene rings is 1. The monoisotopic (exact) mass is 405 g/mol. The Balaban J connectivity index is 1.51. The molecule has 1 aliphatic rings. The Morgan fingerprint density at radius 3 is 2.75 bits per heavy atom. The fraction of sp³-hybridized carbons (Fsp3) is 0.316. The first-order valence-corrected chi connectivity index (χ1v) is 9.42. The highest BCUT2D eigenvalue weighted by molar-refractivity contribution is 6.32. The molecule has 0 saturated heterocycles. The van der Waals surface area contributed by atoms with Gasteiger partial charge in [0.15, 0.2) is 5.82 Å². The van der Waals surface area contributed by atoms with E-state index in [1.165, 1.54) is 19.0 Å². The summed E-state index contributed by atoms with van der Waals surface area (Å²) >= 11 is 6.15. The van der Waals surface area contributed by atoms with Gasteiger partial charge in [-0.3, -0.25) is 9.48 Å². The van der Waals surface area contributed by atoms with Gasteiger partial charge in [0.2, 0.25) is 0 Å². The molecule has 28 heavy (non-hydrogen) atoms. The van der Waals surface area contributed by atoms with Gasteiger partial charge in [0, 0.05) is 12.3 Å². The van der Waals surface area contributed by atoms with Gasteiger partial charge < -0.3 is 5.32 Å². The average molecular weight is 406 g/mol. The van der Waals surface area contributed by atoms with E-state index in [1.807, 2.05) is 16.9 Å². The zero-order valence-electron chi connectivity index (χ0n) is 14.9. The van der Waals surface area contributed by atoms with Crippen LogP contribution in [0.5, 0.6) is 0 Å². The van der Waals surface area contributed by atoms with E-state index in [2.05, 4.69) is 15.5 Å². The Kier molecular flexibility index (Phi) is 5.13. The molecular formula is C19H18ClF2N5O. The van der Waals surface area contributed by atoms with Crippen molar-refractivity contribution < 1.29 is 8.78 Å². The predicted molar refractivity (Wildman–Crippen MR) is 102 cm³/mol. The van der Waals surface area contributed by atoms with Crippen molar-refractivity contribution in [1.29, 1.82) is 0 Å². The maximum Gasteiger partial charge on any atom is 0.292 e. The number of nitrogens with one attached hydrogen (secondary N) is 1. The zero-order chi connectivity index (χ0) is 19.7. The van der Waals surface area contributed by atoms with E-state index >= 15 is 0 Å². The molecule has 2 aromatic heterocycles. The molecule has 1 fully saturated rings. The number of halogens is 3. The van der Waals surface area contributed by atoms with Gasteiger partial charge in [-0.25, -0.2) is 8.78 Å². The Morgan fingerprint density at radius 2 is 2.00 bits per heavy atom. The van der Waals surface area contributed by atoms with Gasteiger partial charge in [0.05, 0.1) is 30.2 Å². The molecule has 146 valence electrons. The number of nitrogens with zero attached hydrogens (tertiary/aromatic N) is 4. The van der Waals surface area contributed by atoms with Gasteiger partial charge in [-0.05, 0) is 31.0 Å². The van der Waals surface area contributed by atoms with Crippen LogP contribution in [0, 0.1) is 11.6 Å². The number of anilines is 1. The second-order valence-corrected chi connectivity index (χ2v) is 7.14. The van der Waals surface area contributed by atoms with Crippen LogP contribution in [-0.2, 0) is 6.54 Å². The van der Waals surface area contributed by atoms with Crippen LogP contribution in [0.3, 0.4) is 0 Å². The van der Waals surface area contributed by atoms with E-state index in [9.17, 15) is 13.6 Å². The molecule has 1 aliphatic carbocycles. The summed E-state index contributed by atoms with van der Waals surface area (Å²) in [5.74, 6) is -1.64. The first kappa shape index (κ1) is 18.6. The fourth-order valence-electron chi connectivity index (χ4n) is 3.41. The van der Waals surface area contributed by atoms with Gasteiger partial charge in [-0.15, -0.1) is 0 Å². The van der Waals surface area contributed by atoms with Gasteiger partial charge >= 0.3 is 0 Å². The largest absolute Gasteiger partial charge is 0.377 e. The molecule has 0 bridgehead atoms. The molecule has 1 aromatic carbocycles. The minimum absolute atomic E-state index is 0.131. The quantitative estimate of drug-likeness (QED) is 0.694. The molecule has 2 heterocycles. The van der Waals surface area contributed by atoms with Gasteiger partial charge in [0.25, 0.3) is 5.56 Å². The Hall–Kier alpha value is -2.74. The van der Waals surface area contributed by atoms with Crippen LogP contribution >= 0.6 is 11.6 Å². The van der Waals surface area contributed by atoms with Crippen molar-refractivity contribution in [2.24, 2.45) is 0 Å². The lowest BCUT2D eigenvalue weighted by atomic mass is 10.3. The second kappa shape index (κ2) is 7.71. The Morgan fingerprint density at radius 1 is 1.21 bits per heavy atom. The van der Waals surface area contributed by atoms with Gasteiger partial charge in [0.1, 0.15) is 16.5 Å². The van der Waals surface area contributed by atoms with Crippen molar-refractivity contribution in [2.45, 2.75) is 38.3 Å². The summed E-state index contributed by atoms with van der Waals surface area (Å²) in [6, 6.07) is 5.24. The number of aromatic nitrogens is 4. The molecule has 1 saturated carbocycles. The first-order chi connectivity index (χ1) is 13.5. The highest BCUT2D eigenvalue weighted by Crippen LogP contribution is 2.28. The lowest BCUT2D eigenvalue weighted by Gasteiger charge is -2.11. The summed E-state index contributed by atoms with van der Waals surface area (Å²) in [5.41, 5.74) is 0.265. The van der Waals surface area contributed by atoms with Crippen LogP contribution in [0.25, 0.3) is 5.69 Å². The molecule has 0 aliphatic heterocycles. The third kappa shape index (κ3) is 3.64. The summed E-state index contributed by atoms with van der Waals surface area (Å²) in [7, 11) is 0. The van der Waals surface area contributed by atoms with Crippen molar-refractivity contribution >= 4 is 17.3 Å². The van der Waals surface area contributed by atoms with E-state index in [-0.39, 0.29) is 10.7 Å². The van der Waals surface area contributed by atoms with E-state index in [4.69, 9.17) is 11.6 Å². The van der Waals surface area contributed by atoms with Crippen LogP contribution in [0.2, 0.25) is 5.02 Å². The maximum atomic E-state index is 13.9. The van der Waals surface area contributed by atoms with Gasteiger partial charge in [-0.1, -0.05) is 24.4 Å². The average Bonchev–Trinajstić information content (AvgIpc) is 3.35. The summed E-state index contributed by atoms with van der Waals surface area (Å²) in [5, 5.41) is 11.4. The van der Waals surface area contributed by atoms with Gasteiger partial charge in [-0.2, -0.15) is 14.9 Å². The Bertz CT molecular complexity index is 1060. The molecule has 0 amide bonds. The van der Waals surface area contributed by atoms with Crippen LogP contribution in [0.1, 0.15) is 37.4 Å². The van der Waals surface area contributed by atoms with Crippen LogP contribution in [-0.4, -0.2) is 19.6 Å². The summed E-state index contributed by atoms with van der Waals surface area (Å²) in [6.45, 7) is 0.371. The lowest BCUT2D eigenvalue weighted by molar-refractivity contribution is 0.463. The van der Waals surface area contributed by atoms with Crippen LogP contribution < -0.4 is 10.9 Å². The minimum atomic E-state index is -0.899. The highest BCUT2D eigenvalue weighted by Gasteiger charge is 2.18. The normalized spacial score (nSPS) is 14.5. The molecular weight excluding hydrogens is 388 g/mol. The van der Waals surface area contributed by atoms with Crippen molar-refractivity contribution in [2.75, 3.05) is 5.32 Å². The molecule has 6 nitrogen and oxygen atoms in total. The van der Waals surface area contributed by atoms with E-state index in [0.717, 1.165) is 35.4 Å². The van der Waals surface area contributed by atoms with E-state index in [0.29, 0.717) is 24.3 Å². The SMILES string of the molecule is O=c1c(Cl)c(NCc2ccn(C3CCCC3)n2)cnn1-c1ccc(F)cc1F. The molecule has 3 aromatic rings. The molecule has 0 spiro atoms. The Labute approximate surface area is 164 Å². The predicted octanol–water partition coefficient (Wildman–Crippen LogP) is 4.09. The molecule has 4 rings (SSSR count). The van der Waals surface area contributed by atoms with Crippen LogP contribution in [0.4, 0.5) is 14.5 Å². The number of hydrogen-bond donors (Lipinski definition) is 1. The number of rotatable bonds is 5. The van der Waals surface area contributed by atoms with E-state index in [1.54, 1.807) is 0 Å². The topological polar surface area (TPSA) is 64.7 Å². The summed E-state index contributed by atoms with van der Waals surface area (Å²) in [6.07, 6.45) is 8.03. The smallest absolute Gasteiger partial charge is 0.292 e. The lowest BCUT2D eigenvalue weighted by Crippen LogP contribution is -2.23. The third-order valence-electron chi connectivity index (χ3n) is 4.88. The highest BCUT2D eigenvalue weighted by atomic mass is 35.5. The zero-order valence-corrected chi connectivity index (χ0v) is 15.7. The van der Waals surface area contributed by atoms with Crippen LogP contribution in [0.15, 0.2) is 41.5 Å². The number of hydrogen-bond acceptors (Lipinski definition) is 4. The van der Waals surface area contributed by atoms with E-state index < -0.39 is 17.2 Å². The van der Waals surface area contributed by atoms with Crippen molar-refractivity contribution in [3.05, 3.63) is 69.4 Å². The minimum Gasteiger partial charge on any atom is -0.377 e. The summed E-state index contributed by atoms with van der Waals surface area (Å²) < 4.78 is 29.8. The third-order valence-corrected chi connectivity index (χ3v) is 5.24. The molecule has 1 N–H and O–H groups in total. The van der Waals surface area contributed by atoms with Crippen molar-refractivity contribution in [1.82, 2.24) is 19.6 Å². The van der Waals surface area contributed by atoms with Crippen molar-refractivity contribution in [3.8, 4) is 5.69 Å². The molecule has 0 unspecified atom stereocenters. The second-order valence-electron chi connectivity index (χ2n) is 6.76. The molecule has 0 radical (unpaired) electrons. The fourth-order valence-corrected chi connectivity index (χ4v) is 3.61. The summed E-state index contributed by atoms with van der Waals surface area (Å²) in [4.78, 5) is 12.5. The molecule has 0 atom stereocenters. The van der Waals surface area contributed by atoms with Crippen molar-refractivity contribution in [3.63, 3.8) is 0 Å². The first-order valence-electron chi connectivity index (χ1n) is 9.04. The molecule has 9 heteroatoms. The standard InChI is InChI=1S/C19H18ClF2N5O/c20-18-16(23-10-13-7-8-26(25-13)14-3-1-2-4-14)11-24-27(19(18)28)17-6-5-12(21)9-15(17)22/h5-9,11,14,23H,1-4,10H2.